The molecule has 0 spiro atoms. The van der Waals surface area contributed by atoms with Crippen LogP contribution in [0.15, 0.2) is 24.3 Å². The summed E-state index contributed by atoms with van der Waals surface area (Å²) in [7, 11) is 0. The number of anilines is 1. The number of phenolic OH excluding ortho intramolecular Hbond substituents is 1. The first-order valence-electron chi connectivity index (χ1n) is 7.50. The van der Waals surface area contributed by atoms with Crippen molar-refractivity contribution in [3.63, 3.8) is 0 Å². The molecule has 0 atom stereocenters. The molecule has 11 heteroatoms. The van der Waals surface area contributed by atoms with Gasteiger partial charge in [-0.1, -0.05) is 0 Å². The number of benzene rings is 3. The third-order valence-electron chi connectivity index (χ3n) is 3.82. The van der Waals surface area contributed by atoms with E-state index in [1.807, 2.05) is 0 Å². The van der Waals surface area contributed by atoms with Crippen LogP contribution in [0, 0.1) is 46.5 Å². The fourth-order valence-electron chi connectivity index (χ4n) is 2.39. The van der Waals surface area contributed by atoms with Crippen LogP contribution in [0.2, 0.25) is 0 Å². The van der Waals surface area contributed by atoms with Crippen molar-refractivity contribution >= 4 is 5.69 Å². The molecule has 29 heavy (non-hydrogen) atoms. The van der Waals surface area contributed by atoms with Gasteiger partial charge in [0.05, 0.1) is 11.3 Å². The van der Waals surface area contributed by atoms with Crippen LogP contribution in [0.4, 0.5) is 40.8 Å². The molecule has 0 bridgehead atoms. The van der Waals surface area contributed by atoms with Crippen LogP contribution < -0.4 is 10.5 Å². The fourth-order valence-corrected chi connectivity index (χ4v) is 2.39. The van der Waals surface area contributed by atoms with Gasteiger partial charge in [-0.05, 0) is 18.2 Å². The molecule has 0 heterocycles. The fraction of sp³-hybridized carbons (Fsp3) is 0. The zero-order valence-electron chi connectivity index (χ0n) is 13.8. The molecule has 152 valence electrons. The Morgan fingerprint density at radius 1 is 0.655 bits per heavy atom. The van der Waals surface area contributed by atoms with Crippen molar-refractivity contribution in [1.29, 1.82) is 0 Å². The number of rotatable bonds is 3. The lowest BCUT2D eigenvalue weighted by Gasteiger charge is -2.14. The molecule has 0 amide bonds. The van der Waals surface area contributed by atoms with Crippen molar-refractivity contribution in [2.24, 2.45) is 0 Å². The van der Waals surface area contributed by atoms with E-state index in [1.165, 1.54) is 0 Å². The minimum atomic E-state index is -2.51. The van der Waals surface area contributed by atoms with Gasteiger partial charge in [0.2, 0.25) is 11.6 Å². The molecule has 3 nitrogen and oxygen atoms in total. The second-order valence-electron chi connectivity index (χ2n) is 5.63. The van der Waals surface area contributed by atoms with Gasteiger partial charge in [-0.15, -0.1) is 0 Å². The number of nitrogens with two attached hydrogens (primary N) is 1. The van der Waals surface area contributed by atoms with E-state index in [4.69, 9.17) is 10.5 Å². The average molecular weight is 421 g/mol. The second kappa shape index (κ2) is 7.15. The summed E-state index contributed by atoms with van der Waals surface area (Å²) in [5.74, 6) is -20.7. The van der Waals surface area contributed by atoms with E-state index in [2.05, 4.69) is 0 Å². The maximum absolute atomic E-state index is 14.1. The van der Waals surface area contributed by atoms with E-state index in [0.29, 0.717) is 0 Å². The molecule has 0 unspecified atom stereocenters. The van der Waals surface area contributed by atoms with E-state index in [9.17, 15) is 40.2 Å². The zero-order chi connectivity index (χ0) is 21.6. The van der Waals surface area contributed by atoms with E-state index in [1.54, 1.807) is 0 Å². The van der Waals surface area contributed by atoms with Crippen LogP contribution in [-0.4, -0.2) is 5.11 Å². The summed E-state index contributed by atoms with van der Waals surface area (Å²) in [5.41, 5.74) is 1.95. The van der Waals surface area contributed by atoms with Gasteiger partial charge < -0.3 is 15.6 Å². The number of hydrogen-bond donors (Lipinski definition) is 2. The van der Waals surface area contributed by atoms with E-state index < -0.39 is 69.2 Å². The molecule has 0 aliphatic carbocycles. The summed E-state index contributed by atoms with van der Waals surface area (Å²) in [4.78, 5) is 0. The van der Waals surface area contributed by atoms with E-state index >= 15 is 0 Å². The first-order valence-corrected chi connectivity index (χ1v) is 7.50. The Labute approximate surface area is 156 Å². The smallest absolute Gasteiger partial charge is 0.204 e. The molecule has 3 rings (SSSR count). The van der Waals surface area contributed by atoms with Crippen molar-refractivity contribution in [1.82, 2.24) is 0 Å². The van der Waals surface area contributed by atoms with Crippen molar-refractivity contribution in [2.45, 2.75) is 0 Å². The molecule has 3 N–H and O–H groups in total. The molecular formula is C18H7F8NO2. The predicted octanol–water partition coefficient (Wildman–Crippen LogP) is 5.55. The van der Waals surface area contributed by atoms with Crippen LogP contribution in [0.5, 0.6) is 17.2 Å². The highest BCUT2D eigenvalue weighted by molar-refractivity contribution is 5.68. The third-order valence-corrected chi connectivity index (χ3v) is 3.82. The molecule has 3 aromatic carbocycles. The summed E-state index contributed by atoms with van der Waals surface area (Å²) >= 11 is 0. The van der Waals surface area contributed by atoms with Gasteiger partial charge in [0.25, 0.3) is 0 Å². The van der Waals surface area contributed by atoms with Crippen LogP contribution in [0.25, 0.3) is 11.1 Å². The largest absolute Gasteiger partial charge is 0.506 e. The Hall–Kier alpha value is -3.50. The molecule has 0 saturated heterocycles. The molecule has 0 saturated carbocycles. The van der Waals surface area contributed by atoms with Gasteiger partial charge in [0.15, 0.2) is 40.7 Å². The first kappa shape index (κ1) is 20.2. The molecule has 0 fully saturated rings. The average Bonchev–Trinajstić information content (AvgIpc) is 2.69. The van der Waals surface area contributed by atoms with Gasteiger partial charge in [0.1, 0.15) is 11.5 Å². The lowest BCUT2D eigenvalue weighted by Crippen LogP contribution is -2.07. The number of phenols is 1. The topological polar surface area (TPSA) is 55.5 Å². The van der Waals surface area contributed by atoms with Crippen LogP contribution in [-0.2, 0) is 0 Å². The van der Waals surface area contributed by atoms with E-state index in [-0.39, 0.29) is 17.5 Å². The number of hydrogen-bond acceptors (Lipinski definition) is 3. The first-order chi connectivity index (χ1) is 13.5. The van der Waals surface area contributed by atoms with Gasteiger partial charge in [-0.3, -0.25) is 0 Å². The number of halogens is 8. The lowest BCUT2D eigenvalue weighted by molar-refractivity contribution is 0.378. The third kappa shape index (κ3) is 3.28. The molecule has 0 aliphatic rings. The summed E-state index contributed by atoms with van der Waals surface area (Å²) in [6, 6.07) is 3.24. The Kier molecular flexibility index (Phi) is 4.99. The lowest BCUT2D eigenvalue weighted by atomic mass is 10.0. The zero-order valence-corrected chi connectivity index (χ0v) is 13.8. The predicted molar refractivity (Wildman–Crippen MR) is 84.1 cm³/mol. The summed E-state index contributed by atoms with van der Waals surface area (Å²) in [6.07, 6.45) is 0. The summed E-state index contributed by atoms with van der Waals surface area (Å²) in [5, 5.41) is 9.49. The number of ether oxygens (including phenoxy) is 1. The van der Waals surface area contributed by atoms with Gasteiger partial charge in [-0.25, -0.2) is 30.7 Å². The highest BCUT2D eigenvalue weighted by Crippen LogP contribution is 2.39. The van der Waals surface area contributed by atoms with Gasteiger partial charge in [-0.2, -0.15) is 4.39 Å². The maximum atomic E-state index is 14.1. The SMILES string of the molecule is Nc1ccc(Oc2cc(-c3c(F)c(F)c(F)c(F)c3F)c(F)c(F)c2F)cc1O. The Morgan fingerprint density at radius 3 is 1.72 bits per heavy atom. The second-order valence-corrected chi connectivity index (χ2v) is 5.63. The van der Waals surface area contributed by atoms with Crippen molar-refractivity contribution in [3.05, 3.63) is 70.8 Å². The quantitative estimate of drug-likeness (QED) is 0.192. The number of nitrogen functional groups attached to an aromatic ring is 1. The molecular weight excluding hydrogens is 414 g/mol. The summed E-state index contributed by atoms with van der Waals surface area (Å²) in [6.45, 7) is 0. The minimum absolute atomic E-state index is 0.106. The molecule has 0 radical (unpaired) electrons. The standard InChI is InChI=1S/C18H7F8NO2/c19-11-6(10-13(21)16(24)18(26)17(25)14(10)22)4-9(12(20)15(11)23)29-5-1-2-7(27)8(28)3-5/h1-4,28H,27H2. The van der Waals surface area contributed by atoms with Gasteiger partial charge >= 0.3 is 0 Å². The maximum Gasteiger partial charge on any atom is 0.204 e. The molecule has 0 aliphatic heterocycles. The van der Waals surface area contributed by atoms with Crippen molar-refractivity contribution in [3.8, 4) is 28.4 Å². The highest BCUT2D eigenvalue weighted by atomic mass is 19.2. The Balaban J connectivity index is 2.24. The monoisotopic (exact) mass is 421 g/mol. The van der Waals surface area contributed by atoms with Gasteiger partial charge in [0, 0.05) is 11.6 Å². The van der Waals surface area contributed by atoms with Crippen LogP contribution in [0.3, 0.4) is 0 Å². The number of aromatic hydroxyl groups is 1. The van der Waals surface area contributed by atoms with Crippen molar-refractivity contribution < 1.29 is 45.0 Å². The van der Waals surface area contributed by atoms with E-state index in [0.717, 1.165) is 18.2 Å². The van der Waals surface area contributed by atoms with Crippen LogP contribution in [0.1, 0.15) is 0 Å². The normalized spacial score (nSPS) is 11.0. The summed E-state index contributed by atoms with van der Waals surface area (Å²) < 4.78 is 115. The Bertz CT molecular complexity index is 1120. The molecule has 3 aromatic rings. The highest BCUT2D eigenvalue weighted by Gasteiger charge is 2.31. The Morgan fingerprint density at radius 2 is 1.17 bits per heavy atom. The minimum Gasteiger partial charge on any atom is -0.506 e. The van der Waals surface area contributed by atoms with Crippen LogP contribution >= 0.6 is 0 Å². The molecule has 0 aromatic heterocycles. The van der Waals surface area contributed by atoms with Crippen molar-refractivity contribution in [2.75, 3.05) is 5.73 Å².